The number of ether oxygens (including phenoxy) is 1. The van der Waals surface area contributed by atoms with Crippen LogP contribution in [-0.2, 0) is 11.2 Å². The summed E-state index contributed by atoms with van der Waals surface area (Å²) in [5.41, 5.74) is 0.963. The fourth-order valence-electron chi connectivity index (χ4n) is 1.67. The number of hydrogen-bond acceptors (Lipinski definition) is 4. The average molecular weight is 205 g/mol. The third kappa shape index (κ3) is 1.70. The molecule has 0 radical (unpaired) electrons. The summed E-state index contributed by atoms with van der Waals surface area (Å²) in [6.07, 6.45) is 0.533. The Hall–Kier alpha value is -1.84. The molecule has 1 unspecified atom stereocenters. The van der Waals surface area contributed by atoms with Crippen molar-refractivity contribution in [1.29, 1.82) is 0 Å². The SMILES string of the molecule is CC(=O)C1Cc2ccccc2O/C1=N/O. The Labute approximate surface area is 87.2 Å². The van der Waals surface area contributed by atoms with Crippen molar-refractivity contribution < 1.29 is 14.7 Å². The summed E-state index contributed by atoms with van der Waals surface area (Å²) >= 11 is 0. The Morgan fingerprint density at radius 2 is 2.27 bits per heavy atom. The molecule has 4 heteroatoms. The quantitative estimate of drug-likeness (QED) is 0.559. The molecule has 2 rings (SSSR count). The topological polar surface area (TPSA) is 58.9 Å². The summed E-state index contributed by atoms with van der Waals surface area (Å²) < 4.78 is 5.33. The maximum absolute atomic E-state index is 11.3. The van der Waals surface area contributed by atoms with Gasteiger partial charge in [0.2, 0.25) is 5.90 Å². The molecule has 1 atom stereocenters. The number of carbonyl (C=O) groups excluding carboxylic acids is 1. The molecule has 1 aromatic rings. The number of fused-ring (bicyclic) bond motifs is 1. The zero-order valence-corrected chi connectivity index (χ0v) is 8.30. The summed E-state index contributed by atoms with van der Waals surface area (Å²) in [5.74, 6) is 0.214. The van der Waals surface area contributed by atoms with Gasteiger partial charge in [0, 0.05) is 0 Å². The standard InChI is InChI=1S/C11H11NO3/c1-7(13)9-6-8-4-2-3-5-10(8)15-11(9)12-14/h2-5,9,14H,6H2,1H3/b12-11+. The zero-order valence-electron chi connectivity index (χ0n) is 8.30. The van der Waals surface area contributed by atoms with Crippen molar-refractivity contribution in [2.24, 2.45) is 11.1 Å². The van der Waals surface area contributed by atoms with E-state index < -0.39 is 5.92 Å². The first-order chi connectivity index (χ1) is 7.22. The van der Waals surface area contributed by atoms with Crippen LogP contribution in [0.5, 0.6) is 5.75 Å². The van der Waals surface area contributed by atoms with Crippen LogP contribution in [0.1, 0.15) is 12.5 Å². The summed E-state index contributed by atoms with van der Waals surface area (Å²) in [4.78, 5) is 11.3. The van der Waals surface area contributed by atoms with Crippen LogP contribution >= 0.6 is 0 Å². The number of nitrogens with zero attached hydrogens (tertiary/aromatic N) is 1. The summed E-state index contributed by atoms with van der Waals surface area (Å²) in [6, 6.07) is 7.42. The largest absolute Gasteiger partial charge is 0.439 e. The van der Waals surface area contributed by atoms with Gasteiger partial charge in [0.1, 0.15) is 17.5 Å². The highest BCUT2D eigenvalue weighted by molar-refractivity contribution is 6.02. The Morgan fingerprint density at radius 1 is 1.53 bits per heavy atom. The van der Waals surface area contributed by atoms with E-state index in [0.29, 0.717) is 12.2 Å². The molecule has 1 aromatic carbocycles. The molecule has 4 nitrogen and oxygen atoms in total. The number of carbonyl (C=O) groups is 1. The molecule has 0 saturated heterocycles. The van der Waals surface area contributed by atoms with Gasteiger partial charge in [-0.05, 0) is 25.0 Å². The van der Waals surface area contributed by atoms with E-state index >= 15 is 0 Å². The highest BCUT2D eigenvalue weighted by atomic mass is 16.5. The van der Waals surface area contributed by atoms with E-state index in [1.54, 1.807) is 6.07 Å². The smallest absolute Gasteiger partial charge is 0.241 e. The van der Waals surface area contributed by atoms with Crippen LogP contribution in [0.15, 0.2) is 29.4 Å². The molecule has 0 spiro atoms. The van der Waals surface area contributed by atoms with Crippen molar-refractivity contribution in [3.8, 4) is 5.75 Å². The predicted molar refractivity (Wildman–Crippen MR) is 54.2 cm³/mol. The minimum Gasteiger partial charge on any atom is -0.439 e. The monoisotopic (exact) mass is 205 g/mol. The lowest BCUT2D eigenvalue weighted by molar-refractivity contribution is -0.119. The maximum Gasteiger partial charge on any atom is 0.241 e. The Morgan fingerprint density at radius 3 is 2.93 bits per heavy atom. The van der Waals surface area contributed by atoms with E-state index in [4.69, 9.17) is 9.94 Å². The van der Waals surface area contributed by atoms with Gasteiger partial charge in [-0.1, -0.05) is 23.4 Å². The fourth-order valence-corrected chi connectivity index (χ4v) is 1.67. The molecule has 0 amide bonds. The minimum absolute atomic E-state index is 0.0581. The molecular weight excluding hydrogens is 194 g/mol. The van der Waals surface area contributed by atoms with Gasteiger partial charge in [-0.3, -0.25) is 4.79 Å². The average Bonchev–Trinajstić information content (AvgIpc) is 2.27. The van der Waals surface area contributed by atoms with Crippen LogP contribution in [-0.4, -0.2) is 16.9 Å². The third-order valence-corrected chi connectivity index (χ3v) is 2.50. The van der Waals surface area contributed by atoms with Crippen LogP contribution in [0, 0.1) is 5.92 Å². The van der Waals surface area contributed by atoms with Crippen molar-refractivity contribution in [3.63, 3.8) is 0 Å². The Balaban J connectivity index is 2.39. The van der Waals surface area contributed by atoms with Gasteiger partial charge in [-0.25, -0.2) is 0 Å². The molecule has 0 bridgehead atoms. The number of ketones is 1. The van der Waals surface area contributed by atoms with Crippen molar-refractivity contribution >= 4 is 11.7 Å². The van der Waals surface area contributed by atoms with Crippen LogP contribution in [0.4, 0.5) is 0 Å². The number of oxime groups is 1. The lowest BCUT2D eigenvalue weighted by Crippen LogP contribution is -2.32. The van der Waals surface area contributed by atoms with Gasteiger partial charge < -0.3 is 9.94 Å². The second-order valence-electron chi connectivity index (χ2n) is 3.52. The van der Waals surface area contributed by atoms with Crippen LogP contribution in [0.3, 0.4) is 0 Å². The van der Waals surface area contributed by atoms with Crippen molar-refractivity contribution in [3.05, 3.63) is 29.8 Å². The first-order valence-corrected chi connectivity index (χ1v) is 4.70. The molecule has 0 aromatic heterocycles. The van der Waals surface area contributed by atoms with Crippen LogP contribution in [0.2, 0.25) is 0 Å². The second-order valence-corrected chi connectivity index (χ2v) is 3.52. The van der Waals surface area contributed by atoms with Crippen molar-refractivity contribution in [2.45, 2.75) is 13.3 Å². The number of Topliss-reactive ketones (excluding diaryl/α,β-unsaturated/α-hetero) is 1. The lowest BCUT2D eigenvalue weighted by atomic mass is 9.93. The number of benzene rings is 1. The van der Waals surface area contributed by atoms with E-state index in [1.165, 1.54) is 6.92 Å². The highest BCUT2D eigenvalue weighted by Crippen LogP contribution is 2.28. The Kier molecular flexibility index (Phi) is 2.41. The molecule has 1 aliphatic rings. The molecule has 0 aliphatic carbocycles. The second kappa shape index (κ2) is 3.73. The van der Waals surface area contributed by atoms with E-state index in [0.717, 1.165) is 5.56 Å². The van der Waals surface area contributed by atoms with E-state index in [9.17, 15) is 4.79 Å². The molecular formula is C11H11NO3. The fraction of sp³-hybridized carbons (Fsp3) is 0.273. The molecule has 78 valence electrons. The zero-order chi connectivity index (χ0) is 10.8. The van der Waals surface area contributed by atoms with Gasteiger partial charge in [-0.15, -0.1) is 0 Å². The van der Waals surface area contributed by atoms with Gasteiger partial charge in [0.05, 0.1) is 0 Å². The lowest BCUT2D eigenvalue weighted by Gasteiger charge is -2.23. The van der Waals surface area contributed by atoms with E-state index in [1.807, 2.05) is 18.2 Å². The molecule has 1 N–H and O–H groups in total. The molecule has 1 aliphatic heterocycles. The number of rotatable bonds is 1. The van der Waals surface area contributed by atoms with E-state index in [-0.39, 0.29) is 11.7 Å². The van der Waals surface area contributed by atoms with Gasteiger partial charge in [0.25, 0.3) is 0 Å². The van der Waals surface area contributed by atoms with Crippen molar-refractivity contribution in [1.82, 2.24) is 0 Å². The summed E-state index contributed by atoms with van der Waals surface area (Å²) in [6.45, 7) is 1.47. The first-order valence-electron chi connectivity index (χ1n) is 4.70. The van der Waals surface area contributed by atoms with Crippen LogP contribution < -0.4 is 4.74 Å². The summed E-state index contributed by atoms with van der Waals surface area (Å²) in [5, 5.41) is 11.8. The third-order valence-electron chi connectivity index (χ3n) is 2.50. The van der Waals surface area contributed by atoms with E-state index in [2.05, 4.69) is 5.16 Å². The summed E-state index contributed by atoms with van der Waals surface area (Å²) in [7, 11) is 0. The Bertz CT molecular complexity index is 426. The number of hydrogen-bond donors (Lipinski definition) is 1. The molecule has 1 heterocycles. The maximum atomic E-state index is 11.3. The number of para-hydroxylation sites is 1. The molecule has 0 saturated carbocycles. The minimum atomic E-state index is -0.468. The van der Waals surface area contributed by atoms with Crippen LogP contribution in [0.25, 0.3) is 0 Å². The predicted octanol–water partition coefficient (Wildman–Crippen LogP) is 1.61. The van der Waals surface area contributed by atoms with Gasteiger partial charge in [0.15, 0.2) is 0 Å². The van der Waals surface area contributed by atoms with Gasteiger partial charge >= 0.3 is 0 Å². The molecule has 15 heavy (non-hydrogen) atoms. The van der Waals surface area contributed by atoms with Crippen molar-refractivity contribution in [2.75, 3.05) is 0 Å². The molecule has 0 fully saturated rings. The normalized spacial score (nSPS) is 21.9. The van der Waals surface area contributed by atoms with Gasteiger partial charge in [-0.2, -0.15) is 0 Å². The first kappa shape index (κ1) is 9.71. The highest BCUT2D eigenvalue weighted by Gasteiger charge is 2.30.